The van der Waals surface area contributed by atoms with Gasteiger partial charge in [0.2, 0.25) is 0 Å². The van der Waals surface area contributed by atoms with E-state index in [9.17, 15) is 9.90 Å². The molecule has 6 aromatic rings. The van der Waals surface area contributed by atoms with Crippen molar-refractivity contribution in [3.8, 4) is 33.1 Å². The maximum Gasteiger partial charge on any atom is 0.307 e. The lowest BCUT2D eigenvalue weighted by Gasteiger charge is -2.13. The fourth-order valence-electron chi connectivity index (χ4n) is 4.55. The van der Waals surface area contributed by atoms with E-state index in [2.05, 4.69) is 15.1 Å². The third kappa shape index (κ3) is 4.24. The van der Waals surface area contributed by atoms with Crippen molar-refractivity contribution >= 4 is 50.0 Å². The van der Waals surface area contributed by atoms with Gasteiger partial charge in [-0.05, 0) is 60.0 Å². The van der Waals surface area contributed by atoms with Crippen molar-refractivity contribution in [2.75, 3.05) is 0 Å². The van der Waals surface area contributed by atoms with Gasteiger partial charge in [0.1, 0.15) is 5.01 Å². The van der Waals surface area contributed by atoms with E-state index in [0.717, 1.165) is 65.3 Å². The summed E-state index contributed by atoms with van der Waals surface area (Å²) < 4.78 is 2.73. The number of aryl methyl sites for hydroxylation is 2. The highest BCUT2D eigenvalue weighted by atomic mass is 35.5. The molecule has 0 bridgehead atoms. The summed E-state index contributed by atoms with van der Waals surface area (Å²) in [5.74, 6) is -0.876. The van der Waals surface area contributed by atoms with Crippen molar-refractivity contribution in [2.24, 2.45) is 7.05 Å². The van der Waals surface area contributed by atoms with E-state index >= 15 is 0 Å². The Balaban J connectivity index is 1.50. The lowest BCUT2D eigenvalue weighted by atomic mass is 9.93. The molecular formula is C28H20ClN5O2S. The summed E-state index contributed by atoms with van der Waals surface area (Å²) in [6.07, 6.45) is 5.30. The number of rotatable bonds is 5. The van der Waals surface area contributed by atoms with Crippen molar-refractivity contribution < 1.29 is 9.90 Å². The molecule has 0 atom stereocenters. The Kier molecular flexibility index (Phi) is 5.70. The Hall–Kier alpha value is -4.14. The number of hydrogen-bond donors (Lipinski definition) is 1. The van der Waals surface area contributed by atoms with Gasteiger partial charge in [0.25, 0.3) is 0 Å². The van der Waals surface area contributed by atoms with Crippen LogP contribution in [-0.4, -0.2) is 35.8 Å². The number of halogens is 1. The lowest BCUT2D eigenvalue weighted by Crippen LogP contribution is -2.04. The fraction of sp³-hybridized carbons (Fsp3) is 0.107. The summed E-state index contributed by atoms with van der Waals surface area (Å²) in [7, 11) is 1.89. The minimum Gasteiger partial charge on any atom is -0.481 e. The van der Waals surface area contributed by atoms with E-state index in [1.54, 1.807) is 17.1 Å². The van der Waals surface area contributed by atoms with E-state index < -0.39 is 5.97 Å². The Morgan fingerprint density at radius 1 is 1.03 bits per heavy atom. The Bertz CT molecular complexity index is 1820. The van der Waals surface area contributed by atoms with Gasteiger partial charge in [-0.2, -0.15) is 5.10 Å². The first-order valence-electron chi connectivity index (χ1n) is 11.5. The average Bonchev–Trinajstić information content (AvgIpc) is 3.48. The van der Waals surface area contributed by atoms with Gasteiger partial charge in [0, 0.05) is 34.8 Å². The molecule has 6 rings (SSSR count). The summed E-state index contributed by atoms with van der Waals surface area (Å²) in [4.78, 5) is 25.8. The molecule has 4 aromatic heterocycles. The number of pyridine rings is 2. The van der Waals surface area contributed by atoms with Crippen LogP contribution in [0.4, 0.5) is 0 Å². The number of aromatic nitrogens is 5. The number of fused-ring (bicyclic) bond motifs is 2. The maximum absolute atomic E-state index is 11.7. The molecular weight excluding hydrogens is 506 g/mol. The molecule has 0 unspecified atom stereocenters. The average molecular weight is 526 g/mol. The summed E-state index contributed by atoms with van der Waals surface area (Å²) in [6.45, 7) is 1.93. The van der Waals surface area contributed by atoms with Gasteiger partial charge in [-0.3, -0.25) is 19.4 Å². The van der Waals surface area contributed by atoms with E-state index in [-0.39, 0.29) is 6.42 Å². The van der Waals surface area contributed by atoms with E-state index in [4.69, 9.17) is 16.6 Å². The van der Waals surface area contributed by atoms with E-state index in [0.29, 0.717) is 5.02 Å². The van der Waals surface area contributed by atoms with Gasteiger partial charge in [-0.1, -0.05) is 23.7 Å². The predicted octanol–water partition coefficient (Wildman–Crippen LogP) is 6.56. The number of carboxylic acid groups (broad SMARTS) is 1. The SMILES string of the molecule is Cc1cc2nc(-c3ccnc(-c4cc5cnn(C)c5cn4)c3)sc2c(-c2ccc(Cl)cc2)c1CC(=O)O. The summed E-state index contributed by atoms with van der Waals surface area (Å²) in [6, 6.07) is 15.3. The maximum atomic E-state index is 11.7. The number of hydrogen-bond acceptors (Lipinski definition) is 6. The van der Waals surface area contributed by atoms with Crippen molar-refractivity contribution in [1.29, 1.82) is 0 Å². The Morgan fingerprint density at radius 3 is 2.59 bits per heavy atom. The first-order chi connectivity index (χ1) is 17.9. The van der Waals surface area contributed by atoms with E-state index in [1.807, 2.05) is 68.7 Å². The molecule has 9 heteroatoms. The standard InChI is InChI=1S/C28H20ClN5O2S/c1-15-9-23-27(26(20(15)12-25(35)36)16-3-5-19(29)6-4-16)37-28(33-23)17-7-8-30-21(10-17)22-11-18-13-32-34(2)24(18)14-31-22/h3-11,13-14H,12H2,1-2H3,(H,35,36). The van der Waals surface area contributed by atoms with Crippen LogP contribution in [0.3, 0.4) is 0 Å². The van der Waals surface area contributed by atoms with Crippen LogP contribution in [0.5, 0.6) is 0 Å². The van der Waals surface area contributed by atoms with Crippen LogP contribution < -0.4 is 0 Å². The van der Waals surface area contributed by atoms with Crippen molar-refractivity contribution in [3.05, 3.63) is 83.3 Å². The third-order valence-corrected chi connectivity index (χ3v) is 7.76. The highest BCUT2D eigenvalue weighted by Crippen LogP contribution is 2.41. The second kappa shape index (κ2) is 9.06. The predicted molar refractivity (Wildman–Crippen MR) is 147 cm³/mol. The molecule has 0 fully saturated rings. The topological polar surface area (TPSA) is 93.8 Å². The molecule has 0 amide bonds. The number of carboxylic acids is 1. The van der Waals surface area contributed by atoms with Gasteiger partial charge in [-0.25, -0.2) is 4.98 Å². The Labute approximate surface area is 221 Å². The second-order valence-corrected chi connectivity index (χ2v) is 10.3. The number of nitrogens with zero attached hydrogens (tertiary/aromatic N) is 5. The Morgan fingerprint density at radius 2 is 1.81 bits per heavy atom. The zero-order valence-electron chi connectivity index (χ0n) is 19.9. The largest absolute Gasteiger partial charge is 0.481 e. The van der Waals surface area contributed by atoms with Crippen LogP contribution in [0.1, 0.15) is 11.1 Å². The van der Waals surface area contributed by atoms with Gasteiger partial charge in [0.15, 0.2) is 0 Å². The summed E-state index contributed by atoms with van der Waals surface area (Å²) in [5, 5.41) is 16.4. The van der Waals surface area contributed by atoms with Crippen molar-refractivity contribution in [1.82, 2.24) is 24.7 Å². The van der Waals surface area contributed by atoms with Crippen LogP contribution in [0.2, 0.25) is 5.02 Å². The quantitative estimate of drug-likeness (QED) is 0.274. The molecule has 0 radical (unpaired) electrons. The molecule has 0 saturated heterocycles. The molecule has 0 spiro atoms. The number of carbonyl (C=O) groups is 1. The first-order valence-corrected chi connectivity index (χ1v) is 12.7. The van der Waals surface area contributed by atoms with Crippen LogP contribution in [0, 0.1) is 6.92 Å². The van der Waals surface area contributed by atoms with Crippen LogP contribution in [0.15, 0.2) is 67.1 Å². The third-order valence-electron chi connectivity index (χ3n) is 6.37. The monoisotopic (exact) mass is 525 g/mol. The summed E-state index contributed by atoms with van der Waals surface area (Å²) >= 11 is 7.67. The van der Waals surface area contributed by atoms with Crippen LogP contribution in [-0.2, 0) is 18.3 Å². The normalized spacial score (nSPS) is 11.4. The molecule has 1 N–H and O–H groups in total. The molecule has 4 heterocycles. The van der Waals surface area contributed by atoms with Crippen LogP contribution in [0.25, 0.3) is 54.2 Å². The van der Waals surface area contributed by atoms with E-state index in [1.165, 1.54) is 11.3 Å². The molecule has 182 valence electrons. The number of benzene rings is 2. The summed E-state index contributed by atoms with van der Waals surface area (Å²) in [5.41, 5.74) is 7.65. The minimum absolute atomic E-state index is 0.0745. The molecule has 7 nitrogen and oxygen atoms in total. The first kappa shape index (κ1) is 23.3. The fourth-order valence-corrected chi connectivity index (χ4v) is 5.81. The van der Waals surface area contributed by atoms with Gasteiger partial charge in [-0.15, -0.1) is 11.3 Å². The smallest absolute Gasteiger partial charge is 0.307 e. The molecule has 0 aliphatic heterocycles. The molecule has 2 aromatic carbocycles. The van der Waals surface area contributed by atoms with Gasteiger partial charge < -0.3 is 5.11 Å². The zero-order chi connectivity index (χ0) is 25.7. The van der Waals surface area contributed by atoms with Crippen molar-refractivity contribution in [2.45, 2.75) is 13.3 Å². The van der Waals surface area contributed by atoms with Gasteiger partial charge >= 0.3 is 5.97 Å². The molecule has 0 saturated carbocycles. The highest BCUT2D eigenvalue weighted by Gasteiger charge is 2.20. The van der Waals surface area contributed by atoms with Crippen molar-refractivity contribution in [3.63, 3.8) is 0 Å². The second-order valence-electron chi connectivity index (χ2n) is 8.82. The molecule has 37 heavy (non-hydrogen) atoms. The van der Waals surface area contributed by atoms with Crippen LogP contribution >= 0.6 is 22.9 Å². The highest BCUT2D eigenvalue weighted by molar-refractivity contribution is 7.22. The zero-order valence-corrected chi connectivity index (χ0v) is 21.5. The van der Waals surface area contributed by atoms with Gasteiger partial charge in [0.05, 0.1) is 45.9 Å². The molecule has 0 aliphatic carbocycles. The molecule has 0 aliphatic rings. The lowest BCUT2D eigenvalue weighted by molar-refractivity contribution is -0.136. The minimum atomic E-state index is -0.876. The number of thiazole rings is 1. The number of aliphatic carboxylic acids is 1.